The zero-order chi connectivity index (χ0) is 15.1. The minimum Gasteiger partial charge on any atom is -0.506 e. The molecule has 2 rings (SSSR count). The van der Waals surface area contributed by atoms with Crippen LogP contribution in [0, 0.1) is 6.92 Å². The second-order valence-corrected chi connectivity index (χ2v) is 7.09. The first kappa shape index (κ1) is 15.1. The molecule has 20 heavy (non-hydrogen) atoms. The molecule has 1 saturated heterocycles. The Morgan fingerprint density at radius 1 is 1.55 bits per heavy atom. The van der Waals surface area contributed by atoms with Gasteiger partial charge in [0.25, 0.3) is 0 Å². The van der Waals surface area contributed by atoms with Crippen molar-refractivity contribution in [3.8, 4) is 5.75 Å². The first-order valence-corrected chi connectivity index (χ1v) is 7.10. The lowest BCUT2D eigenvalue weighted by Crippen LogP contribution is -2.43. The monoisotopic (exact) mass is 298 g/mol. The van der Waals surface area contributed by atoms with Gasteiger partial charge in [-0.3, -0.25) is 15.1 Å². The van der Waals surface area contributed by atoms with E-state index in [4.69, 9.17) is 0 Å². The molecule has 1 aliphatic rings. The van der Waals surface area contributed by atoms with Gasteiger partial charge in [-0.15, -0.1) is 11.8 Å². The number of carboxylic acids is 1. The van der Waals surface area contributed by atoms with E-state index in [0.717, 1.165) is 0 Å². The molecule has 0 spiro atoms. The van der Waals surface area contributed by atoms with Gasteiger partial charge in [0, 0.05) is 22.1 Å². The maximum Gasteiger partial charge on any atom is 0.322 e. The molecule has 7 heteroatoms. The number of aliphatic carboxylic acids is 1. The Labute approximate surface area is 121 Å². The summed E-state index contributed by atoms with van der Waals surface area (Å²) in [5.41, 5.74) is 1.47. The van der Waals surface area contributed by atoms with Crippen LogP contribution in [-0.2, 0) is 11.4 Å². The van der Waals surface area contributed by atoms with Crippen molar-refractivity contribution < 1.29 is 20.1 Å². The van der Waals surface area contributed by atoms with Crippen molar-refractivity contribution in [2.45, 2.75) is 43.5 Å². The molecular formula is C13H18N2O4S. The smallest absolute Gasteiger partial charge is 0.322 e. The van der Waals surface area contributed by atoms with Crippen molar-refractivity contribution >= 4 is 17.7 Å². The Balaban J connectivity index is 2.44. The van der Waals surface area contributed by atoms with Crippen molar-refractivity contribution in [2.75, 3.05) is 0 Å². The maximum absolute atomic E-state index is 11.3. The number of aromatic hydroxyl groups is 1. The summed E-state index contributed by atoms with van der Waals surface area (Å²) < 4.78 is -0.521. The molecule has 2 atom stereocenters. The molecule has 110 valence electrons. The van der Waals surface area contributed by atoms with Crippen LogP contribution in [0.4, 0.5) is 0 Å². The summed E-state index contributed by atoms with van der Waals surface area (Å²) in [5.74, 6) is -0.927. The molecule has 0 aliphatic carbocycles. The number of nitrogens with one attached hydrogen (secondary N) is 1. The van der Waals surface area contributed by atoms with Crippen LogP contribution in [0.25, 0.3) is 0 Å². The maximum atomic E-state index is 11.3. The number of hydrogen-bond acceptors (Lipinski definition) is 6. The summed E-state index contributed by atoms with van der Waals surface area (Å²) in [7, 11) is 0. The largest absolute Gasteiger partial charge is 0.506 e. The van der Waals surface area contributed by atoms with Gasteiger partial charge in [0.1, 0.15) is 11.8 Å². The zero-order valence-corrected chi connectivity index (χ0v) is 12.4. The fraction of sp³-hybridized carbons (Fsp3) is 0.538. The Morgan fingerprint density at radius 2 is 2.20 bits per heavy atom. The molecule has 0 amide bonds. The van der Waals surface area contributed by atoms with E-state index in [2.05, 4.69) is 10.3 Å². The molecule has 1 aliphatic heterocycles. The quantitative estimate of drug-likeness (QED) is 0.664. The highest BCUT2D eigenvalue weighted by atomic mass is 32.2. The fourth-order valence-corrected chi connectivity index (χ4v) is 3.84. The molecule has 6 nitrogen and oxygen atoms in total. The van der Waals surface area contributed by atoms with Crippen molar-refractivity contribution in [2.24, 2.45) is 0 Å². The lowest BCUT2D eigenvalue weighted by molar-refractivity contribution is -0.139. The number of aliphatic hydroxyl groups excluding tert-OH is 1. The number of aromatic nitrogens is 1. The third-order valence-electron chi connectivity index (χ3n) is 3.47. The lowest BCUT2D eigenvalue weighted by atomic mass is 10.0. The average molecular weight is 298 g/mol. The highest BCUT2D eigenvalue weighted by Crippen LogP contribution is 2.48. The molecule has 1 fully saturated rings. The van der Waals surface area contributed by atoms with Gasteiger partial charge in [-0.25, -0.2) is 0 Å². The molecule has 1 aromatic heterocycles. The van der Waals surface area contributed by atoms with Gasteiger partial charge in [-0.05, 0) is 20.8 Å². The Bertz CT molecular complexity index is 547. The minimum atomic E-state index is -0.930. The second-order valence-electron chi connectivity index (χ2n) is 5.33. The number of carbonyl (C=O) groups is 1. The third kappa shape index (κ3) is 2.48. The molecule has 4 N–H and O–H groups in total. The summed E-state index contributed by atoms with van der Waals surface area (Å²) >= 11 is 1.42. The third-order valence-corrected chi connectivity index (χ3v) is 4.92. The number of hydrogen-bond donors (Lipinski definition) is 4. The molecule has 0 saturated carbocycles. The molecule has 0 aromatic carbocycles. The lowest BCUT2D eigenvalue weighted by Gasteiger charge is -2.21. The number of aryl methyl sites for hydroxylation is 1. The van der Waals surface area contributed by atoms with E-state index in [9.17, 15) is 20.1 Å². The summed E-state index contributed by atoms with van der Waals surface area (Å²) in [5, 5.41) is 31.5. The van der Waals surface area contributed by atoms with Gasteiger partial charge in [0.15, 0.2) is 0 Å². The van der Waals surface area contributed by atoms with Crippen molar-refractivity contribution in [3.63, 3.8) is 0 Å². The number of aliphatic hydroxyl groups is 1. The average Bonchev–Trinajstić information content (AvgIpc) is 2.68. The van der Waals surface area contributed by atoms with E-state index in [1.807, 2.05) is 13.8 Å². The van der Waals surface area contributed by atoms with Crippen LogP contribution in [0.3, 0.4) is 0 Å². The van der Waals surface area contributed by atoms with Gasteiger partial charge in [0.2, 0.25) is 0 Å². The molecule has 2 heterocycles. The van der Waals surface area contributed by atoms with Crippen LogP contribution >= 0.6 is 11.8 Å². The van der Waals surface area contributed by atoms with Gasteiger partial charge in [-0.1, -0.05) is 0 Å². The van der Waals surface area contributed by atoms with E-state index < -0.39 is 22.1 Å². The van der Waals surface area contributed by atoms with E-state index in [1.54, 1.807) is 6.92 Å². The highest BCUT2D eigenvalue weighted by molar-refractivity contribution is 8.01. The Morgan fingerprint density at radius 3 is 2.70 bits per heavy atom. The number of nitrogens with zero attached hydrogens (tertiary/aromatic N) is 1. The first-order chi connectivity index (χ1) is 9.27. The number of carboxylic acid groups (broad SMARTS) is 1. The molecular weight excluding hydrogens is 280 g/mol. The summed E-state index contributed by atoms with van der Waals surface area (Å²) in [6, 6.07) is -0.725. The zero-order valence-electron chi connectivity index (χ0n) is 11.5. The molecule has 1 aromatic rings. The number of thioether (sulfide) groups is 1. The predicted molar refractivity (Wildman–Crippen MR) is 75.5 cm³/mol. The van der Waals surface area contributed by atoms with Crippen molar-refractivity contribution in [1.82, 2.24) is 10.3 Å². The van der Waals surface area contributed by atoms with Gasteiger partial charge in [-0.2, -0.15) is 0 Å². The van der Waals surface area contributed by atoms with E-state index in [-0.39, 0.29) is 12.4 Å². The Kier molecular flexibility index (Phi) is 3.95. The number of rotatable bonds is 3. The van der Waals surface area contributed by atoms with Crippen LogP contribution in [0.15, 0.2) is 6.20 Å². The van der Waals surface area contributed by atoms with E-state index >= 15 is 0 Å². The first-order valence-electron chi connectivity index (χ1n) is 6.22. The van der Waals surface area contributed by atoms with E-state index in [1.165, 1.54) is 18.0 Å². The van der Waals surface area contributed by atoms with Gasteiger partial charge < -0.3 is 15.3 Å². The topological polar surface area (TPSA) is 103 Å². The Hall–Kier alpha value is -1.31. The standard InChI is InChI=1S/C13H18N2O4S/c1-6-9(17)8(7(5-16)4-14-6)11-15-10(12(18)19)13(2,3)20-11/h4,10-11,15-17H,5H2,1-3H3,(H,18,19). The van der Waals surface area contributed by atoms with Crippen LogP contribution < -0.4 is 5.32 Å². The van der Waals surface area contributed by atoms with Crippen LogP contribution in [0.5, 0.6) is 5.75 Å². The van der Waals surface area contributed by atoms with Crippen molar-refractivity contribution in [1.29, 1.82) is 0 Å². The molecule has 0 bridgehead atoms. The van der Waals surface area contributed by atoms with Crippen LogP contribution in [0.1, 0.15) is 36.0 Å². The summed E-state index contributed by atoms with van der Waals surface area (Å²) in [6.45, 7) is 5.09. The van der Waals surface area contributed by atoms with Gasteiger partial charge >= 0.3 is 5.97 Å². The summed E-state index contributed by atoms with van der Waals surface area (Å²) in [6.07, 6.45) is 1.51. The van der Waals surface area contributed by atoms with Gasteiger partial charge in [0.05, 0.1) is 17.7 Å². The van der Waals surface area contributed by atoms with Crippen LogP contribution in [-0.4, -0.2) is 37.1 Å². The molecule has 2 unspecified atom stereocenters. The molecule has 0 radical (unpaired) electrons. The minimum absolute atomic E-state index is 0.00314. The SMILES string of the molecule is Cc1ncc(CO)c(C2NC(C(=O)O)C(C)(C)S2)c1O. The highest BCUT2D eigenvalue weighted by Gasteiger charge is 2.46. The normalized spacial score (nSPS) is 24.8. The second kappa shape index (κ2) is 5.23. The predicted octanol–water partition coefficient (Wildman–Crippen LogP) is 1.15. The van der Waals surface area contributed by atoms with Crippen LogP contribution in [0.2, 0.25) is 0 Å². The van der Waals surface area contributed by atoms with Crippen molar-refractivity contribution in [3.05, 3.63) is 23.0 Å². The summed E-state index contributed by atoms with van der Waals surface area (Å²) in [4.78, 5) is 15.3. The number of pyridine rings is 1. The van der Waals surface area contributed by atoms with E-state index in [0.29, 0.717) is 16.8 Å². The fourth-order valence-electron chi connectivity index (χ4n) is 2.34.